The van der Waals surface area contributed by atoms with Gasteiger partial charge in [-0.3, -0.25) is 16.3 Å². The smallest absolute Gasteiger partial charge is 0.123 e. The number of nitrogens with two attached hydrogens (primary N) is 1. The van der Waals surface area contributed by atoms with E-state index in [9.17, 15) is 4.39 Å². The maximum absolute atomic E-state index is 13.1. The van der Waals surface area contributed by atoms with Crippen molar-refractivity contribution in [2.75, 3.05) is 0 Å². The molecule has 0 saturated heterocycles. The Morgan fingerprint density at radius 3 is 2.45 bits per heavy atom. The number of hydrogen-bond acceptors (Lipinski definition) is 3. The average Bonchev–Trinajstić information content (AvgIpc) is 2.46. The Balaban J connectivity index is 2.23. The number of nitrogens with zero attached hydrogens (tertiary/aromatic N) is 1. The van der Waals surface area contributed by atoms with Crippen LogP contribution in [0.25, 0.3) is 0 Å². The van der Waals surface area contributed by atoms with Crippen molar-refractivity contribution < 1.29 is 4.39 Å². The molecule has 20 heavy (non-hydrogen) atoms. The van der Waals surface area contributed by atoms with Crippen molar-refractivity contribution in [1.29, 1.82) is 0 Å². The molecule has 1 atom stereocenters. The van der Waals surface area contributed by atoms with Crippen LogP contribution in [0.5, 0.6) is 0 Å². The Morgan fingerprint density at radius 2 is 1.90 bits per heavy atom. The molecule has 0 amide bonds. The molecule has 0 spiro atoms. The van der Waals surface area contributed by atoms with Crippen LogP contribution < -0.4 is 11.3 Å². The number of hydrazine groups is 1. The minimum atomic E-state index is -0.236. The van der Waals surface area contributed by atoms with Crippen LogP contribution in [0.2, 0.25) is 0 Å². The van der Waals surface area contributed by atoms with Gasteiger partial charge in [-0.05, 0) is 29.8 Å². The van der Waals surface area contributed by atoms with Gasteiger partial charge >= 0.3 is 0 Å². The maximum Gasteiger partial charge on any atom is 0.123 e. The van der Waals surface area contributed by atoms with E-state index >= 15 is 0 Å². The molecule has 0 saturated carbocycles. The summed E-state index contributed by atoms with van der Waals surface area (Å²) in [5.74, 6) is 5.49. The molecule has 106 valence electrons. The summed E-state index contributed by atoms with van der Waals surface area (Å²) in [7, 11) is 0. The molecular weight excluding hydrogens is 253 g/mol. The van der Waals surface area contributed by atoms with E-state index in [-0.39, 0.29) is 17.3 Å². The van der Waals surface area contributed by atoms with Crippen LogP contribution in [0.15, 0.2) is 48.7 Å². The number of nitrogens with one attached hydrogen (secondary N) is 1. The van der Waals surface area contributed by atoms with E-state index in [1.165, 1.54) is 12.1 Å². The molecular formula is C16H20FN3. The number of hydrogen-bond donors (Lipinski definition) is 2. The van der Waals surface area contributed by atoms with Gasteiger partial charge in [0.05, 0.1) is 0 Å². The van der Waals surface area contributed by atoms with E-state index in [2.05, 4.69) is 24.3 Å². The lowest BCUT2D eigenvalue weighted by Gasteiger charge is -2.34. The van der Waals surface area contributed by atoms with Gasteiger partial charge in [0, 0.05) is 29.8 Å². The summed E-state index contributed by atoms with van der Waals surface area (Å²) in [6, 6.07) is 12.4. The SMILES string of the molecule is CC(C)(c1ccc(F)cc1)C(Cc1ccccn1)NN. The van der Waals surface area contributed by atoms with Gasteiger partial charge < -0.3 is 0 Å². The lowest BCUT2D eigenvalue weighted by atomic mass is 9.76. The quantitative estimate of drug-likeness (QED) is 0.650. The molecule has 0 fully saturated rings. The Hall–Kier alpha value is -1.78. The second-order valence-electron chi connectivity index (χ2n) is 5.47. The van der Waals surface area contributed by atoms with Gasteiger partial charge in [-0.25, -0.2) is 4.39 Å². The molecule has 1 heterocycles. The fourth-order valence-corrected chi connectivity index (χ4v) is 2.33. The van der Waals surface area contributed by atoms with E-state index in [0.717, 1.165) is 11.3 Å². The van der Waals surface area contributed by atoms with E-state index in [0.29, 0.717) is 6.42 Å². The molecule has 4 heteroatoms. The van der Waals surface area contributed by atoms with Crippen LogP contribution in [0.3, 0.4) is 0 Å². The number of halogens is 1. The minimum absolute atomic E-state index is 0.00265. The molecule has 0 bridgehead atoms. The zero-order valence-corrected chi connectivity index (χ0v) is 11.8. The van der Waals surface area contributed by atoms with Crippen LogP contribution >= 0.6 is 0 Å². The third-order valence-corrected chi connectivity index (χ3v) is 3.80. The largest absolute Gasteiger partial charge is 0.271 e. The molecule has 1 aromatic carbocycles. The van der Waals surface area contributed by atoms with Crippen molar-refractivity contribution >= 4 is 0 Å². The van der Waals surface area contributed by atoms with Crippen molar-refractivity contribution in [3.05, 3.63) is 65.7 Å². The normalized spacial score (nSPS) is 13.2. The summed E-state index contributed by atoms with van der Waals surface area (Å²) < 4.78 is 13.1. The summed E-state index contributed by atoms with van der Waals surface area (Å²) in [5.41, 5.74) is 4.65. The minimum Gasteiger partial charge on any atom is -0.271 e. The first-order chi connectivity index (χ1) is 9.54. The maximum atomic E-state index is 13.1. The summed E-state index contributed by atoms with van der Waals surface area (Å²) in [5, 5.41) is 0. The third kappa shape index (κ3) is 3.21. The summed E-state index contributed by atoms with van der Waals surface area (Å²) in [6.45, 7) is 4.18. The van der Waals surface area contributed by atoms with Crippen LogP contribution in [-0.4, -0.2) is 11.0 Å². The molecule has 3 nitrogen and oxygen atoms in total. The van der Waals surface area contributed by atoms with Crippen LogP contribution in [0, 0.1) is 5.82 Å². The van der Waals surface area contributed by atoms with Gasteiger partial charge in [-0.2, -0.15) is 0 Å². The molecule has 0 radical (unpaired) electrons. The van der Waals surface area contributed by atoms with Crippen molar-refractivity contribution in [3.8, 4) is 0 Å². The summed E-state index contributed by atoms with van der Waals surface area (Å²) in [4.78, 5) is 4.33. The molecule has 0 aliphatic heterocycles. The fourth-order valence-electron chi connectivity index (χ4n) is 2.33. The molecule has 2 aromatic rings. The third-order valence-electron chi connectivity index (χ3n) is 3.80. The number of rotatable bonds is 5. The van der Waals surface area contributed by atoms with Crippen LogP contribution in [0.1, 0.15) is 25.1 Å². The summed E-state index contributed by atoms with van der Waals surface area (Å²) >= 11 is 0. The standard InChI is InChI=1S/C16H20FN3/c1-16(2,12-6-8-13(17)9-7-12)15(20-18)11-14-5-3-4-10-19-14/h3-10,15,20H,11,18H2,1-2H3. The highest BCUT2D eigenvalue weighted by Crippen LogP contribution is 2.28. The number of benzene rings is 1. The Bertz CT molecular complexity index is 537. The predicted molar refractivity (Wildman–Crippen MR) is 78.5 cm³/mol. The highest BCUT2D eigenvalue weighted by Gasteiger charge is 2.31. The first-order valence-electron chi connectivity index (χ1n) is 6.66. The molecule has 3 N–H and O–H groups in total. The first kappa shape index (κ1) is 14.6. The van der Waals surface area contributed by atoms with Gasteiger partial charge in [-0.1, -0.05) is 32.0 Å². The molecule has 0 aliphatic carbocycles. The van der Waals surface area contributed by atoms with Crippen molar-refractivity contribution in [2.45, 2.75) is 31.7 Å². The topological polar surface area (TPSA) is 50.9 Å². The average molecular weight is 273 g/mol. The van der Waals surface area contributed by atoms with Crippen LogP contribution in [0.4, 0.5) is 4.39 Å². The van der Waals surface area contributed by atoms with Gasteiger partial charge in [0.25, 0.3) is 0 Å². The molecule has 0 aliphatic rings. The van der Waals surface area contributed by atoms with Gasteiger partial charge in [0.15, 0.2) is 0 Å². The second kappa shape index (κ2) is 6.11. The van der Waals surface area contributed by atoms with Crippen molar-refractivity contribution in [2.24, 2.45) is 5.84 Å². The van der Waals surface area contributed by atoms with E-state index < -0.39 is 0 Å². The van der Waals surface area contributed by atoms with Gasteiger partial charge in [0.1, 0.15) is 5.82 Å². The van der Waals surface area contributed by atoms with Crippen molar-refractivity contribution in [1.82, 2.24) is 10.4 Å². The van der Waals surface area contributed by atoms with E-state index in [1.807, 2.05) is 18.2 Å². The molecule has 1 aromatic heterocycles. The van der Waals surface area contributed by atoms with E-state index in [1.54, 1.807) is 18.3 Å². The fraction of sp³-hybridized carbons (Fsp3) is 0.312. The molecule has 2 rings (SSSR count). The monoisotopic (exact) mass is 273 g/mol. The number of pyridine rings is 1. The molecule has 1 unspecified atom stereocenters. The zero-order chi connectivity index (χ0) is 14.6. The number of aromatic nitrogens is 1. The Kier molecular flexibility index (Phi) is 4.47. The highest BCUT2D eigenvalue weighted by atomic mass is 19.1. The lowest BCUT2D eigenvalue weighted by molar-refractivity contribution is 0.339. The van der Waals surface area contributed by atoms with Gasteiger partial charge in [0.2, 0.25) is 0 Å². The Labute approximate surface area is 119 Å². The Morgan fingerprint density at radius 1 is 1.20 bits per heavy atom. The highest BCUT2D eigenvalue weighted by molar-refractivity contribution is 5.27. The second-order valence-corrected chi connectivity index (χ2v) is 5.47. The van der Waals surface area contributed by atoms with E-state index in [4.69, 9.17) is 5.84 Å². The first-order valence-corrected chi connectivity index (χ1v) is 6.66. The summed E-state index contributed by atoms with van der Waals surface area (Å²) in [6.07, 6.45) is 2.48. The van der Waals surface area contributed by atoms with Gasteiger partial charge in [-0.15, -0.1) is 0 Å². The van der Waals surface area contributed by atoms with Crippen molar-refractivity contribution in [3.63, 3.8) is 0 Å². The lowest BCUT2D eigenvalue weighted by Crippen LogP contribution is -2.49. The predicted octanol–water partition coefficient (Wildman–Crippen LogP) is 2.57. The van der Waals surface area contributed by atoms with Crippen LogP contribution in [-0.2, 0) is 11.8 Å². The zero-order valence-electron chi connectivity index (χ0n) is 11.8.